The number of hydrogen-bond donors (Lipinski definition) is 1. The number of hydrogen-bond acceptors (Lipinski definition) is 6. The Morgan fingerprint density at radius 3 is 2.37 bits per heavy atom. The van der Waals surface area contributed by atoms with Crippen molar-refractivity contribution < 1.29 is 14.2 Å². The van der Waals surface area contributed by atoms with Crippen molar-refractivity contribution in [3.8, 4) is 28.6 Å². The summed E-state index contributed by atoms with van der Waals surface area (Å²) in [7, 11) is 4.74. The summed E-state index contributed by atoms with van der Waals surface area (Å²) in [6.07, 6.45) is 1.63. The molecule has 1 heterocycles. The van der Waals surface area contributed by atoms with Gasteiger partial charge in [0.15, 0.2) is 5.82 Å². The number of nitrogens with one attached hydrogen (secondary N) is 1. The van der Waals surface area contributed by atoms with Gasteiger partial charge in [0.05, 0.1) is 33.1 Å². The average molecular weight is 384 g/mol. The normalized spacial score (nSPS) is 11.0. The van der Waals surface area contributed by atoms with Gasteiger partial charge >= 0.3 is 0 Å². The largest absolute Gasteiger partial charge is 0.496 e. The highest BCUT2D eigenvalue weighted by Gasteiger charge is 2.13. The van der Waals surface area contributed by atoms with E-state index in [0.717, 1.165) is 11.1 Å². The number of benzene rings is 2. The number of nitrogens with zero attached hydrogens (tertiary/aromatic N) is 3. The van der Waals surface area contributed by atoms with Crippen LogP contribution in [0.25, 0.3) is 11.4 Å². The van der Waals surface area contributed by atoms with Crippen molar-refractivity contribution >= 4 is 18.4 Å². The molecule has 8 heteroatoms. The molecule has 0 saturated carbocycles. The summed E-state index contributed by atoms with van der Waals surface area (Å²) in [6, 6.07) is 11.5. The van der Waals surface area contributed by atoms with Gasteiger partial charge in [-0.1, -0.05) is 23.8 Å². The molecule has 1 aromatic heterocycles. The molecule has 27 heavy (non-hydrogen) atoms. The summed E-state index contributed by atoms with van der Waals surface area (Å²) in [4.78, 5) is 0. The Balaban J connectivity index is 2.08. The lowest BCUT2D eigenvalue weighted by atomic mass is 10.1. The Morgan fingerprint density at radius 2 is 1.78 bits per heavy atom. The topological polar surface area (TPSA) is 73.7 Å². The predicted octanol–water partition coefficient (Wildman–Crippen LogP) is 3.82. The van der Waals surface area contributed by atoms with E-state index in [0.29, 0.717) is 33.4 Å². The number of methoxy groups -OCH3 is 3. The molecule has 0 aliphatic carbocycles. The van der Waals surface area contributed by atoms with Crippen LogP contribution in [-0.2, 0) is 0 Å². The summed E-state index contributed by atoms with van der Waals surface area (Å²) < 4.78 is 18.1. The molecule has 0 aliphatic heterocycles. The number of aryl methyl sites for hydroxylation is 1. The molecule has 3 aromatic rings. The minimum absolute atomic E-state index is 0.384. The monoisotopic (exact) mass is 384 g/mol. The third-order valence-electron chi connectivity index (χ3n) is 3.98. The van der Waals surface area contributed by atoms with Crippen LogP contribution in [0.4, 0.5) is 0 Å². The Labute approximate surface area is 162 Å². The molecule has 0 radical (unpaired) electrons. The van der Waals surface area contributed by atoms with Gasteiger partial charge in [0.2, 0.25) is 4.77 Å². The average Bonchev–Trinajstić information content (AvgIpc) is 3.06. The van der Waals surface area contributed by atoms with E-state index in [1.807, 2.05) is 31.2 Å². The molecule has 0 bridgehead atoms. The fraction of sp³-hybridized carbons (Fsp3) is 0.211. The highest BCUT2D eigenvalue weighted by atomic mass is 32.1. The fourth-order valence-corrected chi connectivity index (χ4v) is 2.82. The van der Waals surface area contributed by atoms with E-state index in [2.05, 4.69) is 15.3 Å². The number of aromatic amines is 1. The van der Waals surface area contributed by atoms with Gasteiger partial charge in [-0.25, -0.2) is 5.10 Å². The standard InChI is InChI=1S/C19H20N4O3S/c1-12-6-5-7-13(8-12)18-21-22-19(27)23(18)20-11-15-16(25-3)9-14(24-2)10-17(15)26-4/h5-11H,1-4H3,(H,22,27)/b20-11+. The Morgan fingerprint density at radius 1 is 1.07 bits per heavy atom. The van der Waals surface area contributed by atoms with Crippen LogP contribution in [0.3, 0.4) is 0 Å². The van der Waals surface area contributed by atoms with E-state index in [1.54, 1.807) is 44.4 Å². The van der Waals surface area contributed by atoms with Crippen LogP contribution >= 0.6 is 12.2 Å². The third-order valence-corrected chi connectivity index (χ3v) is 4.25. The van der Waals surface area contributed by atoms with Crippen LogP contribution in [0.15, 0.2) is 41.5 Å². The maximum Gasteiger partial charge on any atom is 0.216 e. The molecule has 2 aromatic carbocycles. The smallest absolute Gasteiger partial charge is 0.216 e. The van der Waals surface area contributed by atoms with Crippen molar-refractivity contribution in [2.24, 2.45) is 5.10 Å². The van der Waals surface area contributed by atoms with E-state index in [9.17, 15) is 0 Å². The molecule has 3 rings (SSSR count). The quantitative estimate of drug-likeness (QED) is 0.517. The maximum absolute atomic E-state index is 5.45. The van der Waals surface area contributed by atoms with Crippen molar-refractivity contribution in [3.05, 3.63) is 52.3 Å². The van der Waals surface area contributed by atoms with Crippen molar-refractivity contribution in [2.45, 2.75) is 6.92 Å². The summed E-state index contributed by atoms with van der Waals surface area (Å²) in [5, 5.41) is 11.6. The highest BCUT2D eigenvalue weighted by molar-refractivity contribution is 7.71. The summed E-state index contributed by atoms with van der Waals surface area (Å²) >= 11 is 5.33. The Kier molecular flexibility index (Phi) is 5.56. The molecule has 140 valence electrons. The lowest BCUT2D eigenvalue weighted by molar-refractivity contribution is 0.374. The van der Waals surface area contributed by atoms with Crippen LogP contribution in [0.1, 0.15) is 11.1 Å². The first-order valence-corrected chi connectivity index (χ1v) is 8.57. The van der Waals surface area contributed by atoms with Crippen LogP contribution in [-0.4, -0.2) is 42.4 Å². The molecule has 7 nitrogen and oxygen atoms in total. The zero-order valence-electron chi connectivity index (χ0n) is 15.5. The molecule has 0 atom stereocenters. The number of rotatable bonds is 6. The van der Waals surface area contributed by atoms with Crippen LogP contribution in [0, 0.1) is 11.7 Å². The van der Waals surface area contributed by atoms with E-state index in [1.165, 1.54) is 0 Å². The number of aromatic nitrogens is 3. The first-order chi connectivity index (χ1) is 13.1. The van der Waals surface area contributed by atoms with Crippen LogP contribution < -0.4 is 14.2 Å². The van der Waals surface area contributed by atoms with Crippen molar-refractivity contribution in [1.82, 2.24) is 14.9 Å². The Bertz CT molecular complexity index is 1010. The lowest BCUT2D eigenvalue weighted by Gasteiger charge is -2.12. The molecule has 0 aliphatic rings. The van der Waals surface area contributed by atoms with Crippen molar-refractivity contribution in [2.75, 3.05) is 21.3 Å². The zero-order chi connectivity index (χ0) is 19.4. The Hall–Kier alpha value is -3.13. The molecule has 0 saturated heterocycles. The van der Waals surface area contributed by atoms with Gasteiger partial charge in [-0.3, -0.25) is 0 Å². The summed E-state index contributed by atoms with van der Waals surface area (Å²) in [5.41, 5.74) is 2.70. The van der Waals surface area contributed by atoms with Crippen molar-refractivity contribution in [1.29, 1.82) is 0 Å². The second kappa shape index (κ2) is 8.05. The van der Waals surface area contributed by atoms with Crippen LogP contribution in [0.2, 0.25) is 0 Å². The molecule has 0 amide bonds. The van der Waals surface area contributed by atoms with Crippen molar-refractivity contribution in [3.63, 3.8) is 0 Å². The van der Waals surface area contributed by atoms with E-state index in [-0.39, 0.29) is 0 Å². The summed E-state index contributed by atoms with van der Waals surface area (Å²) in [6.45, 7) is 2.02. The molecular formula is C19H20N4O3S. The van der Waals surface area contributed by atoms with Gasteiger partial charge in [0.25, 0.3) is 0 Å². The fourth-order valence-electron chi connectivity index (χ4n) is 2.65. The van der Waals surface area contributed by atoms with Crippen LogP contribution in [0.5, 0.6) is 17.2 Å². The first-order valence-electron chi connectivity index (χ1n) is 8.16. The first kappa shape index (κ1) is 18.7. The molecule has 1 N–H and O–H groups in total. The van der Waals surface area contributed by atoms with Gasteiger partial charge < -0.3 is 14.2 Å². The number of H-pyrrole nitrogens is 1. The minimum Gasteiger partial charge on any atom is -0.496 e. The van der Waals surface area contributed by atoms with Gasteiger partial charge in [-0.2, -0.15) is 14.9 Å². The zero-order valence-corrected chi connectivity index (χ0v) is 16.3. The lowest BCUT2D eigenvalue weighted by Crippen LogP contribution is -2.00. The summed E-state index contributed by atoms with van der Waals surface area (Å²) in [5.74, 6) is 2.39. The van der Waals surface area contributed by atoms with Gasteiger partial charge in [0, 0.05) is 17.7 Å². The van der Waals surface area contributed by atoms with Gasteiger partial charge in [-0.05, 0) is 25.2 Å². The third kappa shape index (κ3) is 3.85. The van der Waals surface area contributed by atoms with E-state index >= 15 is 0 Å². The molecule has 0 unspecified atom stereocenters. The minimum atomic E-state index is 0.384. The van der Waals surface area contributed by atoms with E-state index in [4.69, 9.17) is 26.4 Å². The second-order valence-electron chi connectivity index (χ2n) is 5.72. The van der Waals surface area contributed by atoms with Gasteiger partial charge in [-0.15, -0.1) is 0 Å². The highest BCUT2D eigenvalue weighted by Crippen LogP contribution is 2.32. The second-order valence-corrected chi connectivity index (χ2v) is 6.11. The SMILES string of the molecule is COc1cc(OC)c(/C=N/n2c(-c3cccc(C)c3)n[nH]c2=S)c(OC)c1. The molecule has 0 fully saturated rings. The van der Waals surface area contributed by atoms with E-state index < -0.39 is 0 Å². The predicted molar refractivity (Wildman–Crippen MR) is 107 cm³/mol. The molecule has 0 spiro atoms. The molecular weight excluding hydrogens is 364 g/mol. The van der Waals surface area contributed by atoms with Gasteiger partial charge in [0.1, 0.15) is 17.2 Å². The maximum atomic E-state index is 5.45. The number of ether oxygens (including phenoxy) is 3.